The fourth-order valence-corrected chi connectivity index (χ4v) is 6.38. The Balaban J connectivity index is 1.37. The van der Waals surface area contributed by atoms with E-state index in [0.717, 1.165) is 29.4 Å². The number of esters is 1. The van der Waals surface area contributed by atoms with Crippen LogP contribution in [0.2, 0.25) is 0 Å². The Hall–Kier alpha value is -3.34. The van der Waals surface area contributed by atoms with E-state index in [1.807, 2.05) is 43.3 Å². The van der Waals surface area contributed by atoms with Crippen LogP contribution in [0.3, 0.4) is 0 Å². The lowest BCUT2D eigenvalue weighted by Crippen LogP contribution is -2.45. The fourth-order valence-electron chi connectivity index (χ4n) is 4.35. The molecule has 0 radical (unpaired) electrons. The van der Waals surface area contributed by atoms with Crippen LogP contribution >= 0.6 is 54.5 Å². The molecule has 0 aromatic heterocycles. The van der Waals surface area contributed by atoms with Crippen molar-refractivity contribution in [1.29, 1.82) is 0 Å². The van der Waals surface area contributed by atoms with Crippen LogP contribution in [0.25, 0.3) is 0 Å². The summed E-state index contributed by atoms with van der Waals surface area (Å²) in [6.45, 7) is 4.07. The molecule has 1 aliphatic heterocycles. The number of ether oxygens (including phenoxy) is 4. The van der Waals surface area contributed by atoms with Crippen LogP contribution in [0, 0.1) is 3.57 Å². The lowest BCUT2D eigenvalue weighted by atomic mass is 9.95. The third-order valence-electron chi connectivity index (χ3n) is 6.43. The number of nitrogens with zero attached hydrogens (tertiary/aromatic N) is 1. The van der Waals surface area contributed by atoms with Crippen LogP contribution in [0.5, 0.6) is 17.2 Å². The smallest absolute Gasteiger partial charge is 0.337 e. The van der Waals surface area contributed by atoms with Crippen LogP contribution in [-0.4, -0.2) is 49.9 Å². The third kappa shape index (κ3) is 9.34. The minimum Gasteiger partial charge on any atom is -0.490 e. The molecule has 14 heteroatoms. The number of hydrogen-bond acceptors (Lipinski definition) is 9. The summed E-state index contributed by atoms with van der Waals surface area (Å²) in [4.78, 5) is 24.6. The molecule has 3 aromatic carbocycles. The number of aliphatic hydroxyl groups is 1. The zero-order chi connectivity index (χ0) is 32.5. The van der Waals surface area contributed by atoms with Crippen molar-refractivity contribution in [2.45, 2.75) is 32.7 Å². The van der Waals surface area contributed by atoms with Crippen molar-refractivity contribution in [2.24, 2.45) is 5.10 Å². The van der Waals surface area contributed by atoms with Gasteiger partial charge in [-0.15, -0.1) is 0 Å². The van der Waals surface area contributed by atoms with Gasteiger partial charge in [0.05, 0.1) is 39.6 Å². The van der Waals surface area contributed by atoms with Crippen LogP contribution in [0.4, 0.5) is 4.79 Å². The summed E-state index contributed by atoms with van der Waals surface area (Å²) in [6.07, 6.45) is 0.447. The van der Waals surface area contributed by atoms with Crippen molar-refractivity contribution in [3.63, 3.8) is 0 Å². The van der Waals surface area contributed by atoms with Crippen molar-refractivity contribution in [1.82, 2.24) is 16.1 Å². The second-order valence-electron chi connectivity index (χ2n) is 9.64. The molecule has 238 valence electrons. The molecule has 3 aromatic rings. The predicted molar refractivity (Wildman–Crippen MR) is 184 cm³/mol. The number of carbonyl (C=O) groups excluding carboxylic acids is 2. The zero-order valence-electron chi connectivity index (χ0n) is 24.5. The van der Waals surface area contributed by atoms with E-state index in [-0.39, 0.29) is 12.2 Å². The van der Waals surface area contributed by atoms with Crippen LogP contribution in [0.1, 0.15) is 36.6 Å². The molecule has 0 saturated carbocycles. The van der Waals surface area contributed by atoms with Gasteiger partial charge in [-0.25, -0.2) is 9.59 Å². The number of nitrogens with one attached hydrogen (secondary N) is 3. The predicted octanol–water partition coefficient (Wildman–Crippen LogP) is 5.92. The second kappa shape index (κ2) is 16.3. The molecule has 11 nitrogen and oxygen atoms in total. The Morgan fingerprint density at radius 3 is 2.56 bits per heavy atom. The number of allylic oxidation sites excluding steroid dienone is 1. The Morgan fingerprint density at radius 2 is 1.87 bits per heavy atom. The number of halogens is 3. The largest absolute Gasteiger partial charge is 0.490 e. The summed E-state index contributed by atoms with van der Waals surface area (Å²) in [6, 6.07) is 15.5. The molecule has 0 unspecified atom stereocenters. The first-order chi connectivity index (χ1) is 21.6. The normalized spacial score (nSPS) is 15.3. The molecule has 0 fully saturated rings. The van der Waals surface area contributed by atoms with Crippen LogP contribution in [0.15, 0.2) is 79.9 Å². The molecule has 0 aliphatic carbocycles. The SMILES string of the molecule is CCOc1cc([C@H]2NC(=O)NC(C)=C2C(=O)OC)ccc1OC[C@H](O)N/N=C\c1cc(Br)c(OCc2ccc(Br)cc2)c(I)c1. The number of rotatable bonds is 13. The number of aliphatic hydroxyl groups excluding tert-OH is 1. The minimum atomic E-state index is -1.13. The summed E-state index contributed by atoms with van der Waals surface area (Å²) in [5.41, 5.74) is 5.75. The van der Waals surface area contributed by atoms with E-state index in [0.29, 0.717) is 36.0 Å². The quantitative estimate of drug-likeness (QED) is 0.0547. The zero-order valence-corrected chi connectivity index (χ0v) is 29.9. The van der Waals surface area contributed by atoms with E-state index in [9.17, 15) is 14.7 Å². The van der Waals surface area contributed by atoms with Crippen molar-refractivity contribution < 1.29 is 33.6 Å². The van der Waals surface area contributed by atoms with Gasteiger partial charge in [0.25, 0.3) is 0 Å². The van der Waals surface area contributed by atoms with Crippen molar-refractivity contribution in [2.75, 3.05) is 20.3 Å². The van der Waals surface area contributed by atoms with Gasteiger partial charge in [-0.2, -0.15) is 5.10 Å². The van der Waals surface area contributed by atoms with E-state index in [1.54, 1.807) is 31.3 Å². The van der Waals surface area contributed by atoms with Gasteiger partial charge in [0.1, 0.15) is 19.0 Å². The maximum Gasteiger partial charge on any atom is 0.337 e. The molecule has 1 aliphatic rings. The van der Waals surface area contributed by atoms with Gasteiger partial charge in [-0.3, -0.25) is 5.43 Å². The van der Waals surface area contributed by atoms with E-state index in [1.165, 1.54) is 7.11 Å². The number of urea groups is 1. The van der Waals surface area contributed by atoms with Crippen molar-refractivity contribution in [3.05, 3.63) is 95.1 Å². The fraction of sp³-hybridized carbons (Fsp3) is 0.258. The standard InChI is InChI=1S/C31H31Br2IN4O7/c1-4-43-25-13-20(28-27(30(40)42-3)17(2)36-31(41)37-28)7-10-24(25)44-16-26(39)38-35-14-19-11-22(33)29(23(34)12-19)45-15-18-5-8-21(32)9-6-18/h5-14,26,28,38-39H,4,15-16H2,1-3H3,(H2,36,37,41)/b35-14-/t26-,28+/m0/s1. The van der Waals surface area contributed by atoms with Crippen LogP contribution in [-0.2, 0) is 16.1 Å². The summed E-state index contributed by atoms with van der Waals surface area (Å²) in [5.74, 6) is 0.898. The highest BCUT2D eigenvalue weighted by molar-refractivity contribution is 14.1. The molecular weight excluding hydrogens is 827 g/mol. The molecule has 0 spiro atoms. The molecule has 0 saturated heterocycles. The third-order valence-corrected chi connectivity index (χ3v) is 8.35. The monoisotopic (exact) mass is 856 g/mol. The highest BCUT2D eigenvalue weighted by Gasteiger charge is 2.32. The lowest BCUT2D eigenvalue weighted by molar-refractivity contribution is -0.136. The van der Waals surface area contributed by atoms with E-state index in [2.05, 4.69) is 75.6 Å². The Kier molecular flexibility index (Phi) is 12.5. The van der Waals surface area contributed by atoms with Crippen molar-refractivity contribution >= 4 is 72.7 Å². The van der Waals surface area contributed by atoms with Gasteiger partial charge in [0, 0.05) is 10.2 Å². The first kappa shape index (κ1) is 34.5. The number of carbonyl (C=O) groups is 2. The first-order valence-electron chi connectivity index (χ1n) is 13.7. The Bertz CT molecular complexity index is 1580. The summed E-state index contributed by atoms with van der Waals surface area (Å²) < 4.78 is 25.2. The Labute approximate surface area is 291 Å². The van der Waals surface area contributed by atoms with Crippen LogP contribution < -0.4 is 30.3 Å². The average molecular weight is 858 g/mol. The highest BCUT2D eigenvalue weighted by Crippen LogP contribution is 2.35. The number of hydrogen-bond donors (Lipinski definition) is 4. The molecule has 2 amide bonds. The topological polar surface area (TPSA) is 140 Å². The molecule has 1 heterocycles. The first-order valence-corrected chi connectivity index (χ1v) is 16.3. The highest BCUT2D eigenvalue weighted by atomic mass is 127. The average Bonchev–Trinajstić information content (AvgIpc) is 3.00. The molecule has 4 rings (SSSR count). The second-order valence-corrected chi connectivity index (χ2v) is 12.6. The van der Waals surface area contributed by atoms with E-state index < -0.39 is 24.3 Å². The molecule has 0 bridgehead atoms. The number of hydrazone groups is 1. The lowest BCUT2D eigenvalue weighted by Gasteiger charge is -2.28. The van der Waals surface area contributed by atoms with Gasteiger partial charge < -0.3 is 34.7 Å². The van der Waals surface area contributed by atoms with E-state index >= 15 is 0 Å². The number of methoxy groups -OCH3 is 1. The van der Waals surface area contributed by atoms with Crippen molar-refractivity contribution in [3.8, 4) is 17.2 Å². The Morgan fingerprint density at radius 1 is 1.11 bits per heavy atom. The number of amides is 2. The van der Waals surface area contributed by atoms with Gasteiger partial charge in [0.15, 0.2) is 17.7 Å². The maximum atomic E-state index is 12.4. The molecular formula is C31H31Br2IN4O7. The van der Waals surface area contributed by atoms with Gasteiger partial charge >= 0.3 is 12.0 Å². The van der Waals surface area contributed by atoms with Gasteiger partial charge in [0.2, 0.25) is 0 Å². The minimum absolute atomic E-state index is 0.142. The summed E-state index contributed by atoms with van der Waals surface area (Å²) >= 11 is 9.21. The summed E-state index contributed by atoms with van der Waals surface area (Å²) in [7, 11) is 1.28. The van der Waals surface area contributed by atoms with Gasteiger partial charge in [-0.05, 0) is 105 Å². The molecule has 2 atom stereocenters. The summed E-state index contributed by atoms with van der Waals surface area (Å²) in [5, 5.41) is 19.9. The number of benzene rings is 3. The maximum absolute atomic E-state index is 12.4. The van der Waals surface area contributed by atoms with E-state index in [4.69, 9.17) is 18.9 Å². The molecule has 4 N–H and O–H groups in total. The molecule has 45 heavy (non-hydrogen) atoms. The van der Waals surface area contributed by atoms with Gasteiger partial charge in [-0.1, -0.05) is 34.1 Å².